The van der Waals surface area contributed by atoms with Gasteiger partial charge in [-0.25, -0.2) is 4.79 Å². The van der Waals surface area contributed by atoms with Crippen molar-refractivity contribution in [3.8, 4) is 11.5 Å². The summed E-state index contributed by atoms with van der Waals surface area (Å²) in [5, 5.41) is 10.9. The van der Waals surface area contributed by atoms with E-state index >= 15 is 0 Å². The smallest absolute Gasteiger partial charge is 0.331 e. The Kier molecular flexibility index (Phi) is 7.03. The molecule has 1 heterocycles. The summed E-state index contributed by atoms with van der Waals surface area (Å²) in [7, 11) is 1.25. The highest BCUT2D eigenvalue weighted by Gasteiger charge is 2.25. The molecule has 1 aliphatic heterocycles. The van der Waals surface area contributed by atoms with Gasteiger partial charge in [0.25, 0.3) is 5.91 Å². The van der Waals surface area contributed by atoms with Crippen molar-refractivity contribution in [3.05, 3.63) is 70.6 Å². The van der Waals surface area contributed by atoms with Gasteiger partial charge in [-0.05, 0) is 41.4 Å². The van der Waals surface area contributed by atoms with Gasteiger partial charge in [0.1, 0.15) is 11.5 Å². The second kappa shape index (κ2) is 9.89. The normalized spacial score (nSPS) is 16.5. The standard InChI is InChI=1S/C22H21N3O4S/c1-14(2)16-9-5-7-11-18(16)29-17-10-6-4-8-15(17)13-23-25-22-24-21(27)19(30-22)12-20(26)28-3/h4-14H,1-3H3,(H,24,25,27)/b19-12+,23-13?. The van der Waals surface area contributed by atoms with Gasteiger partial charge in [0.15, 0.2) is 5.17 Å². The Morgan fingerprint density at radius 2 is 1.80 bits per heavy atom. The molecular formula is C22H21N3O4S. The first kappa shape index (κ1) is 21.3. The molecule has 0 bridgehead atoms. The van der Waals surface area contributed by atoms with E-state index in [1.54, 1.807) is 6.21 Å². The lowest BCUT2D eigenvalue weighted by atomic mass is 10.0. The quantitative estimate of drug-likeness (QED) is 0.325. The third-order valence-corrected chi connectivity index (χ3v) is 5.03. The number of esters is 1. The van der Waals surface area contributed by atoms with Gasteiger partial charge < -0.3 is 9.47 Å². The van der Waals surface area contributed by atoms with E-state index in [0.717, 1.165) is 34.7 Å². The number of benzene rings is 2. The number of hydrogen-bond donors (Lipinski definition) is 1. The molecule has 1 amide bonds. The van der Waals surface area contributed by atoms with Crippen LogP contribution >= 0.6 is 11.8 Å². The molecule has 0 aromatic heterocycles. The van der Waals surface area contributed by atoms with E-state index in [2.05, 4.69) is 34.1 Å². The van der Waals surface area contributed by atoms with Crippen molar-refractivity contribution in [1.82, 2.24) is 5.32 Å². The van der Waals surface area contributed by atoms with Gasteiger partial charge in [-0.1, -0.05) is 44.2 Å². The molecule has 7 nitrogen and oxygen atoms in total. The van der Waals surface area contributed by atoms with Crippen molar-refractivity contribution in [2.24, 2.45) is 10.2 Å². The van der Waals surface area contributed by atoms with Crippen LogP contribution in [0, 0.1) is 0 Å². The molecular weight excluding hydrogens is 402 g/mol. The van der Waals surface area contributed by atoms with E-state index in [1.807, 2.05) is 48.5 Å². The molecule has 1 fully saturated rings. The predicted molar refractivity (Wildman–Crippen MR) is 118 cm³/mol. The number of carbonyl (C=O) groups excluding carboxylic acids is 2. The maximum absolute atomic E-state index is 11.9. The molecule has 0 atom stereocenters. The number of rotatable bonds is 6. The van der Waals surface area contributed by atoms with Gasteiger partial charge in [0.2, 0.25) is 0 Å². The fraction of sp³-hybridized carbons (Fsp3) is 0.182. The molecule has 8 heteroatoms. The molecule has 1 N–H and O–H groups in total. The first-order chi connectivity index (χ1) is 14.5. The zero-order valence-electron chi connectivity index (χ0n) is 16.8. The van der Waals surface area contributed by atoms with E-state index in [4.69, 9.17) is 4.74 Å². The summed E-state index contributed by atoms with van der Waals surface area (Å²) < 4.78 is 10.7. The van der Waals surface area contributed by atoms with Crippen LogP contribution < -0.4 is 10.1 Å². The van der Waals surface area contributed by atoms with E-state index in [-0.39, 0.29) is 10.1 Å². The van der Waals surface area contributed by atoms with E-state index in [1.165, 1.54) is 7.11 Å². The number of nitrogens with one attached hydrogen (secondary N) is 1. The molecule has 0 spiro atoms. The van der Waals surface area contributed by atoms with Gasteiger partial charge in [-0.3, -0.25) is 10.1 Å². The lowest BCUT2D eigenvalue weighted by Gasteiger charge is -2.14. The SMILES string of the molecule is COC(=O)/C=C1/S/C(=N\N=Cc2ccccc2Oc2ccccc2C(C)C)NC1=O. The maximum atomic E-state index is 11.9. The lowest BCUT2D eigenvalue weighted by Crippen LogP contribution is -2.19. The number of hydrogen-bond acceptors (Lipinski definition) is 7. The van der Waals surface area contributed by atoms with Gasteiger partial charge >= 0.3 is 5.97 Å². The number of para-hydroxylation sites is 2. The van der Waals surface area contributed by atoms with Crippen LogP contribution in [0.2, 0.25) is 0 Å². The molecule has 1 saturated heterocycles. The van der Waals surface area contributed by atoms with Crippen LogP contribution in [-0.2, 0) is 14.3 Å². The summed E-state index contributed by atoms with van der Waals surface area (Å²) in [5.74, 6) is 0.724. The minimum atomic E-state index is -0.606. The molecule has 2 aromatic carbocycles. The van der Waals surface area contributed by atoms with Crippen LogP contribution in [0.15, 0.2) is 69.7 Å². The molecule has 154 valence electrons. The molecule has 0 unspecified atom stereocenters. The van der Waals surface area contributed by atoms with Crippen LogP contribution in [0.25, 0.3) is 0 Å². The predicted octanol–water partition coefficient (Wildman–Crippen LogP) is 4.21. The zero-order valence-corrected chi connectivity index (χ0v) is 17.6. The Morgan fingerprint density at radius 3 is 2.53 bits per heavy atom. The second-order valence-corrected chi connectivity index (χ2v) is 7.60. The Hall–Kier alpha value is -3.39. The molecule has 0 aliphatic carbocycles. The first-order valence-electron chi connectivity index (χ1n) is 9.23. The molecule has 0 saturated carbocycles. The van der Waals surface area contributed by atoms with Crippen LogP contribution in [-0.4, -0.2) is 30.4 Å². The third kappa shape index (κ3) is 5.36. The molecule has 2 aromatic rings. The highest BCUT2D eigenvalue weighted by molar-refractivity contribution is 8.18. The average Bonchev–Trinajstić information content (AvgIpc) is 3.08. The highest BCUT2D eigenvalue weighted by Crippen LogP contribution is 2.31. The number of methoxy groups -OCH3 is 1. The van der Waals surface area contributed by atoms with Gasteiger partial charge in [0, 0.05) is 11.6 Å². The number of carbonyl (C=O) groups is 2. The van der Waals surface area contributed by atoms with Crippen molar-refractivity contribution < 1.29 is 19.1 Å². The van der Waals surface area contributed by atoms with Gasteiger partial charge in [-0.15, -0.1) is 5.10 Å². The van der Waals surface area contributed by atoms with E-state index < -0.39 is 11.9 Å². The molecule has 30 heavy (non-hydrogen) atoms. The fourth-order valence-corrected chi connectivity index (χ4v) is 3.37. The van der Waals surface area contributed by atoms with Crippen LogP contribution in [0.3, 0.4) is 0 Å². The number of nitrogens with zero attached hydrogens (tertiary/aromatic N) is 2. The number of amidine groups is 1. The summed E-state index contributed by atoms with van der Waals surface area (Å²) in [4.78, 5) is 23.3. The molecule has 0 radical (unpaired) electrons. The fourth-order valence-electron chi connectivity index (χ4n) is 2.63. The lowest BCUT2D eigenvalue weighted by molar-refractivity contribution is -0.135. The van der Waals surface area contributed by atoms with Crippen molar-refractivity contribution in [2.75, 3.05) is 7.11 Å². The van der Waals surface area contributed by atoms with Gasteiger partial charge in [0.05, 0.1) is 18.2 Å². The molecule has 1 aliphatic rings. The number of amides is 1. The molecule has 3 rings (SSSR count). The van der Waals surface area contributed by atoms with Crippen LogP contribution in [0.1, 0.15) is 30.9 Å². The summed E-state index contributed by atoms with van der Waals surface area (Å²) in [5.41, 5.74) is 1.85. The Morgan fingerprint density at radius 1 is 1.10 bits per heavy atom. The zero-order chi connectivity index (χ0) is 21.5. The Bertz CT molecular complexity index is 1040. The number of thioether (sulfide) groups is 1. The topological polar surface area (TPSA) is 89.3 Å². The first-order valence-corrected chi connectivity index (χ1v) is 10.0. The largest absolute Gasteiger partial charge is 0.466 e. The number of ether oxygens (including phenoxy) is 2. The Labute approximate surface area is 178 Å². The summed E-state index contributed by atoms with van der Waals surface area (Å²) in [6.45, 7) is 4.23. The van der Waals surface area contributed by atoms with E-state index in [0.29, 0.717) is 11.7 Å². The minimum Gasteiger partial charge on any atom is -0.466 e. The maximum Gasteiger partial charge on any atom is 0.331 e. The monoisotopic (exact) mass is 423 g/mol. The third-order valence-electron chi connectivity index (χ3n) is 4.13. The minimum absolute atomic E-state index is 0.199. The summed E-state index contributed by atoms with van der Waals surface area (Å²) in [6.07, 6.45) is 2.66. The van der Waals surface area contributed by atoms with Crippen LogP contribution in [0.4, 0.5) is 0 Å². The second-order valence-electron chi connectivity index (χ2n) is 6.57. The van der Waals surface area contributed by atoms with Crippen molar-refractivity contribution >= 4 is 35.0 Å². The highest BCUT2D eigenvalue weighted by atomic mass is 32.2. The summed E-state index contributed by atoms with van der Waals surface area (Å²) in [6, 6.07) is 15.4. The van der Waals surface area contributed by atoms with E-state index in [9.17, 15) is 9.59 Å². The van der Waals surface area contributed by atoms with Crippen molar-refractivity contribution in [1.29, 1.82) is 0 Å². The summed E-state index contributed by atoms with van der Waals surface area (Å²) >= 11 is 1.01. The Balaban J connectivity index is 1.77. The van der Waals surface area contributed by atoms with Crippen LogP contribution in [0.5, 0.6) is 11.5 Å². The van der Waals surface area contributed by atoms with Crippen molar-refractivity contribution in [2.45, 2.75) is 19.8 Å². The average molecular weight is 423 g/mol. The van der Waals surface area contributed by atoms with Crippen molar-refractivity contribution in [3.63, 3.8) is 0 Å². The van der Waals surface area contributed by atoms with Gasteiger partial charge in [-0.2, -0.15) is 5.10 Å².